The Labute approximate surface area is 143 Å². The van der Waals surface area contributed by atoms with Crippen molar-refractivity contribution in [3.05, 3.63) is 52.6 Å². The van der Waals surface area contributed by atoms with E-state index in [1.807, 2.05) is 37.3 Å². The third-order valence-corrected chi connectivity index (χ3v) is 5.85. The maximum absolute atomic E-state index is 12.2. The van der Waals surface area contributed by atoms with E-state index in [0.717, 1.165) is 24.2 Å². The van der Waals surface area contributed by atoms with Gasteiger partial charge in [-0.2, -0.15) is 0 Å². The zero-order chi connectivity index (χ0) is 17.6. The van der Waals surface area contributed by atoms with Gasteiger partial charge in [0.05, 0.1) is 12.3 Å². The van der Waals surface area contributed by atoms with Crippen LogP contribution in [-0.2, 0) is 22.6 Å². The molecule has 1 aromatic carbocycles. The van der Waals surface area contributed by atoms with Crippen molar-refractivity contribution in [2.24, 2.45) is 7.05 Å². The monoisotopic (exact) mass is 348 g/mol. The number of hydrogen-bond donors (Lipinski definition) is 0. The van der Waals surface area contributed by atoms with E-state index < -0.39 is 7.37 Å². The molecule has 0 spiro atoms. The van der Waals surface area contributed by atoms with Gasteiger partial charge in [0.25, 0.3) is 5.56 Å². The minimum absolute atomic E-state index is 0.0608. The van der Waals surface area contributed by atoms with Crippen LogP contribution in [0.5, 0.6) is 0 Å². The van der Waals surface area contributed by atoms with Crippen LogP contribution in [0.25, 0.3) is 11.3 Å². The zero-order valence-corrected chi connectivity index (χ0v) is 15.5. The molecule has 0 N–H and O–H groups in total. The van der Waals surface area contributed by atoms with Crippen LogP contribution in [0, 0.1) is 0 Å². The van der Waals surface area contributed by atoms with Gasteiger partial charge in [-0.05, 0) is 19.8 Å². The average molecular weight is 348 g/mol. The molecule has 0 bridgehead atoms. The predicted molar refractivity (Wildman–Crippen MR) is 97.9 cm³/mol. The molecule has 1 unspecified atom stereocenters. The second-order valence-corrected chi connectivity index (χ2v) is 8.67. The highest BCUT2D eigenvalue weighted by Gasteiger charge is 2.14. The lowest BCUT2D eigenvalue weighted by molar-refractivity contribution is 0.336. The summed E-state index contributed by atoms with van der Waals surface area (Å²) in [5, 5.41) is 0. The molecule has 1 aromatic heterocycles. The Bertz CT molecular complexity index is 772. The van der Waals surface area contributed by atoms with Gasteiger partial charge in [0.1, 0.15) is 5.82 Å². The second kappa shape index (κ2) is 8.41. The van der Waals surface area contributed by atoms with Crippen LogP contribution < -0.4 is 5.56 Å². The molecule has 6 heteroatoms. The van der Waals surface area contributed by atoms with Crippen LogP contribution in [-0.4, -0.2) is 29.0 Å². The SMILES string of the molecule is CCOP(C)(=O)CCCCc1nc(-c2ccccc2)cc(=O)n1C. The fraction of sp³-hybridized carbons (Fsp3) is 0.444. The zero-order valence-electron chi connectivity index (χ0n) is 14.6. The summed E-state index contributed by atoms with van der Waals surface area (Å²) in [5.41, 5.74) is 1.57. The van der Waals surface area contributed by atoms with Gasteiger partial charge in [0.2, 0.25) is 0 Å². The topological polar surface area (TPSA) is 61.2 Å². The average Bonchev–Trinajstić information content (AvgIpc) is 2.56. The Balaban J connectivity index is 2.06. The van der Waals surface area contributed by atoms with Crippen LogP contribution in [0.3, 0.4) is 0 Å². The number of aromatic nitrogens is 2. The van der Waals surface area contributed by atoms with E-state index in [2.05, 4.69) is 4.98 Å². The first-order valence-corrected chi connectivity index (χ1v) is 10.5. The van der Waals surface area contributed by atoms with Gasteiger partial charge in [-0.15, -0.1) is 0 Å². The Kier molecular flexibility index (Phi) is 6.52. The minimum Gasteiger partial charge on any atom is -0.329 e. The Hall–Kier alpha value is -1.71. The first kappa shape index (κ1) is 18.6. The van der Waals surface area contributed by atoms with Crippen LogP contribution >= 0.6 is 7.37 Å². The second-order valence-electron chi connectivity index (χ2n) is 5.93. The molecule has 0 saturated carbocycles. The molecule has 0 amide bonds. The summed E-state index contributed by atoms with van der Waals surface area (Å²) in [6.45, 7) is 4.01. The van der Waals surface area contributed by atoms with Crippen molar-refractivity contribution in [2.75, 3.05) is 19.4 Å². The highest BCUT2D eigenvalue weighted by atomic mass is 31.2. The molecule has 0 aliphatic heterocycles. The molecule has 5 nitrogen and oxygen atoms in total. The summed E-state index contributed by atoms with van der Waals surface area (Å²) in [7, 11) is -0.741. The summed E-state index contributed by atoms with van der Waals surface area (Å²) < 4.78 is 19.0. The molecule has 1 atom stereocenters. The van der Waals surface area contributed by atoms with E-state index in [1.54, 1.807) is 24.3 Å². The smallest absolute Gasteiger partial charge is 0.253 e. The van der Waals surface area contributed by atoms with Crippen LogP contribution in [0.15, 0.2) is 41.2 Å². The maximum Gasteiger partial charge on any atom is 0.253 e. The first-order chi connectivity index (χ1) is 11.4. The maximum atomic E-state index is 12.2. The van der Waals surface area contributed by atoms with E-state index in [-0.39, 0.29) is 5.56 Å². The van der Waals surface area contributed by atoms with E-state index in [9.17, 15) is 9.36 Å². The molecule has 0 fully saturated rings. The fourth-order valence-corrected chi connectivity index (χ4v) is 4.06. The Morgan fingerprint density at radius 2 is 1.92 bits per heavy atom. The number of rotatable bonds is 8. The number of hydrogen-bond acceptors (Lipinski definition) is 4. The van der Waals surface area contributed by atoms with E-state index in [1.165, 1.54) is 0 Å². The van der Waals surface area contributed by atoms with Crippen LogP contribution in [0.2, 0.25) is 0 Å². The Morgan fingerprint density at radius 3 is 2.58 bits per heavy atom. The van der Waals surface area contributed by atoms with Gasteiger partial charge in [-0.25, -0.2) is 4.98 Å². The lowest BCUT2D eigenvalue weighted by Crippen LogP contribution is -2.21. The molecule has 1 heterocycles. The number of unbranched alkanes of at least 4 members (excludes halogenated alkanes) is 1. The first-order valence-electron chi connectivity index (χ1n) is 8.26. The van der Waals surface area contributed by atoms with Crippen LogP contribution in [0.4, 0.5) is 0 Å². The van der Waals surface area contributed by atoms with Crippen molar-refractivity contribution in [1.82, 2.24) is 9.55 Å². The van der Waals surface area contributed by atoms with Gasteiger partial charge in [0.15, 0.2) is 7.37 Å². The highest BCUT2D eigenvalue weighted by Crippen LogP contribution is 2.43. The number of benzene rings is 1. The van der Waals surface area contributed by atoms with Gasteiger partial charge in [-0.3, -0.25) is 13.9 Å². The quantitative estimate of drug-likeness (QED) is 0.539. The van der Waals surface area contributed by atoms with Crippen molar-refractivity contribution in [1.29, 1.82) is 0 Å². The molecular weight excluding hydrogens is 323 g/mol. The largest absolute Gasteiger partial charge is 0.329 e. The van der Waals surface area contributed by atoms with Crippen molar-refractivity contribution >= 4 is 7.37 Å². The lowest BCUT2D eigenvalue weighted by Gasteiger charge is -2.13. The van der Waals surface area contributed by atoms with E-state index in [4.69, 9.17) is 4.52 Å². The molecule has 0 aliphatic carbocycles. The minimum atomic E-state index is -2.48. The van der Waals surface area contributed by atoms with Crippen molar-refractivity contribution < 1.29 is 9.09 Å². The van der Waals surface area contributed by atoms with Gasteiger partial charge in [-0.1, -0.05) is 30.3 Å². The van der Waals surface area contributed by atoms with Crippen molar-refractivity contribution in [3.63, 3.8) is 0 Å². The Morgan fingerprint density at radius 1 is 1.21 bits per heavy atom. The molecule has 24 heavy (non-hydrogen) atoms. The molecule has 2 rings (SSSR count). The number of nitrogens with zero attached hydrogens (tertiary/aromatic N) is 2. The fourth-order valence-electron chi connectivity index (χ4n) is 2.59. The summed E-state index contributed by atoms with van der Waals surface area (Å²) in [5.74, 6) is 0.753. The summed E-state index contributed by atoms with van der Waals surface area (Å²) in [6.07, 6.45) is 2.86. The van der Waals surface area contributed by atoms with Gasteiger partial charge < -0.3 is 4.52 Å². The lowest BCUT2D eigenvalue weighted by atomic mass is 10.1. The standard InChI is InChI=1S/C18H25N2O3P/c1-4-23-24(3,22)13-9-8-12-17-19-16(14-18(21)20(17)2)15-10-6-5-7-11-15/h5-7,10-11,14H,4,8-9,12-13H2,1-3H3. The highest BCUT2D eigenvalue weighted by molar-refractivity contribution is 7.58. The van der Waals surface area contributed by atoms with Gasteiger partial charge >= 0.3 is 0 Å². The molecule has 0 aliphatic rings. The molecule has 130 valence electrons. The predicted octanol–water partition coefficient (Wildman–Crippen LogP) is 3.71. The summed E-state index contributed by atoms with van der Waals surface area (Å²) in [6, 6.07) is 11.3. The molecule has 0 radical (unpaired) electrons. The van der Waals surface area contributed by atoms with Crippen molar-refractivity contribution in [3.8, 4) is 11.3 Å². The van der Waals surface area contributed by atoms with E-state index >= 15 is 0 Å². The van der Waals surface area contributed by atoms with Crippen LogP contribution in [0.1, 0.15) is 25.6 Å². The molecular formula is C18H25N2O3P. The summed E-state index contributed by atoms with van der Waals surface area (Å²) in [4.78, 5) is 16.8. The van der Waals surface area contributed by atoms with Gasteiger partial charge in [0, 0.05) is 37.9 Å². The summed E-state index contributed by atoms with van der Waals surface area (Å²) >= 11 is 0. The molecule has 2 aromatic rings. The molecule has 0 saturated heterocycles. The number of aryl methyl sites for hydroxylation is 1. The van der Waals surface area contributed by atoms with Crippen molar-refractivity contribution in [2.45, 2.75) is 26.2 Å². The van der Waals surface area contributed by atoms with E-state index in [0.29, 0.717) is 24.9 Å². The third-order valence-electron chi connectivity index (χ3n) is 3.91. The third kappa shape index (κ3) is 5.15. The normalized spacial score (nSPS) is 13.6.